The van der Waals surface area contributed by atoms with Gasteiger partial charge in [-0.1, -0.05) is 6.92 Å². The summed E-state index contributed by atoms with van der Waals surface area (Å²) in [4.78, 5) is 26.6. The second-order valence-corrected chi connectivity index (χ2v) is 4.14. The van der Waals surface area contributed by atoms with Crippen molar-refractivity contribution in [3.8, 4) is 0 Å². The Morgan fingerprint density at radius 2 is 2.19 bits per heavy atom. The van der Waals surface area contributed by atoms with E-state index in [0.29, 0.717) is 18.1 Å². The van der Waals surface area contributed by atoms with E-state index in [1.807, 2.05) is 7.05 Å². The molecule has 21 heavy (non-hydrogen) atoms. The van der Waals surface area contributed by atoms with Gasteiger partial charge in [-0.15, -0.1) is 6.54 Å². The third kappa shape index (κ3) is 8.56. The van der Waals surface area contributed by atoms with E-state index in [9.17, 15) is 9.59 Å². The number of hydrogen-bond acceptors (Lipinski definition) is 4. The summed E-state index contributed by atoms with van der Waals surface area (Å²) in [6.07, 6.45) is 6.40. The Balaban J connectivity index is 0. The van der Waals surface area contributed by atoms with E-state index in [1.165, 1.54) is 19.2 Å². The van der Waals surface area contributed by atoms with E-state index in [2.05, 4.69) is 30.7 Å². The number of carbonyl (C=O) groups is 1. The monoisotopic (exact) mass is 283 g/mol. The van der Waals surface area contributed by atoms with Gasteiger partial charge in [0, 0.05) is 6.92 Å². The fourth-order valence-corrected chi connectivity index (χ4v) is 1.35. The summed E-state index contributed by atoms with van der Waals surface area (Å²) in [6.45, 7) is 13.2. The molecule has 0 amide bonds. The number of likely N-dealkylation sites (N-methyl/N-ethyl adjacent to an activating group) is 1. The number of nitrogens with zero attached hydrogens (tertiary/aromatic N) is 3. The van der Waals surface area contributed by atoms with Crippen molar-refractivity contribution in [3.63, 3.8) is 0 Å². The summed E-state index contributed by atoms with van der Waals surface area (Å²) in [5.74, 6) is 0.584. The van der Waals surface area contributed by atoms with Gasteiger partial charge in [-0.2, -0.15) is 6.08 Å². The number of rotatable bonds is 6. The summed E-state index contributed by atoms with van der Waals surface area (Å²) >= 11 is 0. The third-order valence-electron chi connectivity index (χ3n) is 2.67. The molecule has 0 aliphatic heterocycles. The van der Waals surface area contributed by atoms with E-state index < -0.39 is 0 Å². The molecule has 6 heteroatoms. The van der Waals surface area contributed by atoms with Crippen LogP contribution in [0.4, 0.5) is 0 Å². The van der Waals surface area contributed by atoms with Crippen LogP contribution in [0.3, 0.4) is 0 Å². The second-order valence-electron chi connectivity index (χ2n) is 4.14. The average Bonchev–Trinajstić information content (AvgIpc) is 2.80. The van der Waals surface area contributed by atoms with Crippen LogP contribution < -0.4 is 18.9 Å². The van der Waals surface area contributed by atoms with Gasteiger partial charge in [0.05, 0.1) is 11.9 Å². The van der Waals surface area contributed by atoms with Gasteiger partial charge >= 0.3 is 18.9 Å². The number of imidazole rings is 1. The molecule has 0 spiro atoms. The summed E-state index contributed by atoms with van der Waals surface area (Å²) in [6, 6.07) is 0. The topological polar surface area (TPSA) is 55.2 Å². The molecule has 0 radical (unpaired) electrons. The zero-order chi connectivity index (χ0) is 15.5. The van der Waals surface area contributed by atoms with Gasteiger partial charge in [-0.05, 0) is 32.2 Å². The van der Waals surface area contributed by atoms with Crippen LogP contribution in [0.2, 0.25) is 0 Å². The zero-order valence-electron chi connectivity index (χ0n) is 13.4. The van der Waals surface area contributed by atoms with Crippen LogP contribution in [0.15, 0.2) is 18.3 Å². The van der Waals surface area contributed by atoms with Crippen LogP contribution >= 0.6 is 0 Å². The van der Waals surface area contributed by atoms with Crippen LogP contribution in [-0.2, 0) is 11.3 Å². The molecular formula is C15H22LiN3O2-2. The summed E-state index contributed by atoms with van der Waals surface area (Å²) in [7, 11) is 2.00. The molecule has 0 bridgehead atoms. The minimum atomic E-state index is -0.00366. The number of aromatic nitrogens is 2. The van der Waals surface area contributed by atoms with Gasteiger partial charge in [0.15, 0.2) is 5.78 Å². The molecule has 5 nitrogen and oxygen atoms in total. The number of allylic oxidation sites excluding steroid dienone is 1. The Hall–Kier alpha value is -1.28. The van der Waals surface area contributed by atoms with Crippen molar-refractivity contribution in [2.24, 2.45) is 0 Å². The van der Waals surface area contributed by atoms with Gasteiger partial charge in [0.1, 0.15) is 0 Å². The van der Waals surface area contributed by atoms with Crippen molar-refractivity contribution in [2.75, 3.05) is 20.1 Å². The average molecular weight is 283 g/mol. The normalized spacial score (nSPS) is 9.95. The van der Waals surface area contributed by atoms with Crippen molar-refractivity contribution in [1.82, 2.24) is 14.5 Å². The molecule has 1 heterocycles. The van der Waals surface area contributed by atoms with Crippen molar-refractivity contribution in [1.29, 1.82) is 0 Å². The van der Waals surface area contributed by atoms with Gasteiger partial charge in [-0.25, -0.2) is 6.08 Å². The molecule has 0 fully saturated rings. The number of hydrogen-bond donors (Lipinski definition) is 0. The number of carbonyl (C=O) groups excluding carboxylic acids is 2. The Kier molecular flexibility index (Phi) is 13.1. The largest absolute Gasteiger partial charge is 1.00 e. The maximum absolute atomic E-state index is 10.9. The van der Waals surface area contributed by atoms with Crippen LogP contribution in [0.5, 0.6) is 0 Å². The molecule has 0 N–H and O–H groups in total. The molecule has 0 aromatic carbocycles. The quantitative estimate of drug-likeness (QED) is 0.282. The maximum Gasteiger partial charge on any atom is 1.00 e. The van der Waals surface area contributed by atoms with Crippen LogP contribution in [-0.4, -0.2) is 46.7 Å². The Labute approximate surface area is 139 Å². The maximum atomic E-state index is 10.9. The molecule has 1 rings (SSSR count). The van der Waals surface area contributed by atoms with E-state index in [4.69, 9.17) is 0 Å². The number of ketones is 1. The summed E-state index contributed by atoms with van der Waals surface area (Å²) in [5, 5.41) is 0. The first-order valence-electron chi connectivity index (χ1n) is 6.36. The van der Waals surface area contributed by atoms with E-state index in [-0.39, 0.29) is 24.6 Å². The first-order chi connectivity index (χ1) is 9.47. The second kappa shape index (κ2) is 12.5. The zero-order valence-corrected chi connectivity index (χ0v) is 13.4. The molecule has 0 aliphatic rings. The van der Waals surface area contributed by atoms with E-state index in [0.717, 1.165) is 13.1 Å². The minimum absolute atomic E-state index is 0. The molecule has 1 aromatic rings. The summed E-state index contributed by atoms with van der Waals surface area (Å²) in [5.41, 5.74) is 0.574. The molecule has 0 saturated heterocycles. The first-order valence-corrected chi connectivity index (χ1v) is 6.36. The molecule has 0 unspecified atom stereocenters. The third-order valence-corrected chi connectivity index (χ3v) is 2.67. The van der Waals surface area contributed by atoms with Gasteiger partial charge in [0.2, 0.25) is 0 Å². The molecular weight excluding hydrogens is 261 g/mol. The van der Waals surface area contributed by atoms with Crippen molar-refractivity contribution < 1.29 is 28.4 Å². The first kappa shape index (κ1) is 22.0. The fourth-order valence-electron chi connectivity index (χ4n) is 1.35. The molecule has 112 valence electrons. The van der Waals surface area contributed by atoms with Crippen molar-refractivity contribution in [3.05, 3.63) is 43.7 Å². The molecule has 0 atom stereocenters. The van der Waals surface area contributed by atoms with Crippen LogP contribution in [0, 0.1) is 13.8 Å². The van der Waals surface area contributed by atoms with Crippen molar-refractivity contribution in [2.45, 2.75) is 20.4 Å². The van der Waals surface area contributed by atoms with Crippen LogP contribution in [0.25, 0.3) is 0 Å². The van der Waals surface area contributed by atoms with E-state index >= 15 is 0 Å². The predicted octanol–water partition coefficient (Wildman–Crippen LogP) is -1.29. The Morgan fingerprint density at radius 1 is 1.57 bits per heavy atom. The Bertz CT molecular complexity index is 456. The SMILES string of the molecule is CCN(C)C/C=C/[C-]=O.[CH2-]Cn1c(C(C)=O)cnc1[CH2-].[Li+]. The number of Topliss-reactive ketones (excluding diaryl/α,β-unsaturated/α-hetero) is 1. The van der Waals surface area contributed by atoms with Crippen LogP contribution in [0.1, 0.15) is 30.2 Å². The Morgan fingerprint density at radius 3 is 2.57 bits per heavy atom. The predicted molar refractivity (Wildman–Crippen MR) is 80.1 cm³/mol. The fraction of sp³-hybridized carbons (Fsp3) is 0.400. The molecule has 1 aromatic heterocycles. The van der Waals surface area contributed by atoms with Crippen molar-refractivity contribution >= 4 is 12.1 Å². The standard InChI is InChI=1S/C8H10N2O.C7H12NO.Li/c1-4-10-7(3)9-5-8(10)6(2)11;1-3-8(2)6-4-5-7-9;/h5H,1,3-4H2,2H3;4-5H,3,6H2,1-2H3;/q-2;-1;+1/b;5-4+;. The van der Waals surface area contributed by atoms with Gasteiger partial charge in [-0.3, -0.25) is 9.78 Å². The van der Waals surface area contributed by atoms with E-state index in [1.54, 1.807) is 16.9 Å². The smallest absolute Gasteiger partial charge is 0.419 e. The van der Waals surface area contributed by atoms with Gasteiger partial charge < -0.3 is 28.1 Å². The molecule has 0 saturated carbocycles. The van der Waals surface area contributed by atoms with Gasteiger partial charge in [0.25, 0.3) is 0 Å². The summed E-state index contributed by atoms with van der Waals surface area (Å²) < 4.78 is 1.68. The minimum Gasteiger partial charge on any atom is -0.419 e. The molecule has 0 aliphatic carbocycles.